The molecular formula is C18H24N4O. The molecule has 0 bridgehead atoms. The molecule has 0 saturated heterocycles. The molecule has 2 aromatic rings. The summed E-state index contributed by atoms with van der Waals surface area (Å²) in [6, 6.07) is 10.00. The van der Waals surface area contributed by atoms with Crippen molar-refractivity contribution in [1.82, 2.24) is 9.88 Å². The second kappa shape index (κ2) is 8.35. The maximum atomic E-state index is 9.22. The quantitative estimate of drug-likeness (QED) is 0.753. The van der Waals surface area contributed by atoms with Crippen LogP contribution < -0.4 is 5.32 Å². The molecule has 1 N–H and O–H groups in total. The van der Waals surface area contributed by atoms with Crippen LogP contribution in [-0.4, -0.2) is 36.1 Å². The average Bonchev–Trinajstić information content (AvgIpc) is 2.99. The lowest BCUT2D eigenvalue weighted by Crippen LogP contribution is -2.25. The number of rotatable bonds is 8. The molecule has 1 aromatic carbocycles. The van der Waals surface area contributed by atoms with Crippen molar-refractivity contribution in [2.75, 3.05) is 31.5 Å². The second-order valence-corrected chi connectivity index (χ2v) is 5.48. The first-order valence-electron chi connectivity index (χ1n) is 8.12. The van der Waals surface area contributed by atoms with Crippen LogP contribution in [0.4, 0.5) is 5.88 Å². The van der Waals surface area contributed by atoms with E-state index in [4.69, 9.17) is 4.42 Å². The van der Waals surface area contributed by atoms with Crippen molar-refractivity contribution in [3.63, 3.8) is 0 Å². The number of anilines is 1. The molecule has 0 saturated carbocycles. The minimum absolute atomic E-state index is 0.309. The molecule has 0 radical (unpaired) electrons. The van der Waals surface area contributed by atoms with Crippen LogP contribution >= 0.6 is 0 Å². The van der Waals surface area contributed by atoms with Gasteiger partial charge in [0.05, 0.1) is 0 Å². The molecule has 1 aromatic heterocycles. The molecule has 5 nitrogen and oxygen atoms in total. The van der Waals surface area contributed by atoms with Crippen LogP contribution in [0, 0.1) is 18.3 Å². The Balaban J connectivity index is 1.99. The third-order valence-corrected chi connectivity index (χ3v) is 3.86. The van der Waals surface area contributed by atoms with Gasteiger partial charge in [-0.25, -0.2) is 0 Å². The summed E-state index contributed by atoms with van der Waals surface area (Å²) in [5.74, 6) is 0.940. The predicted octanol–water partition coefficient (Wildman–Crippen LogP) is 3.67. The van der Waals surface area contributed by atoms with Crippen molar-refractivity contribution >= 4 is 5.88 Å². The van der Waals surface area contributed by atoms with Crippen molar-refractivity contribution in [2.24, 2.45) is 0 Å². The summed E-state index contributed by atoms with van der Waals surface area (Å²) in [5, 5.41) is 12.4. The van der Waals surface area contributed by atoms with Gasteiger partial charge in [0.2, 0.25) is 17.5 Å². The summed E-state index contributed by atoms with van der Waals surface area (Å²) in [6.45, 7) is 10.3. The van der Waals surface area contributed by atoms with Gasteiger partial charge in [-0.05, 0) is 45.1 Å². The highest BCUT2D eigenvalue weighted by molar-refractivity contribution is 5.59. The molecule has 1 heterocycles. The van der Waals surface area contributed by atoms with Crippen molar-refractivity contribution in [3.05, 3.63) is 35.5 Å². The number of aromatic nitrogens is 1. The zero-order chi connectivity index (χ0) is 16.7. The average molecular weight is 312 g/mol. The van der Waals surface area contributed by atoms with Crippen molar-refractivity contribution in [3.8, 4) is 17.5 Å². The highest BCUT2D eigenvalue weighted by Crippen LogP contribution is 2.25. The fraction of sp³-hybridized carbons (Fsp3) is 0.444. The number of aryl methyl sites for hydroxylation is 1. The minimum atomic E-state index is 0.309. The maximum absolute atomic E-state index is 9.22. The lowest BCUT2D eigenvalue weighted by atomic mass is 10.1. The smallest absolute Gasteiger partial charge is 0.232 e. The van der Waals surface area contributed by atoms with Crippen LogP contribution in [0.15, 0.2) is 28.7 Å². The molecule has 0 spiro atoms. The van der Waals surface area contributed by atoms with E-state index in [1.54, 1.807) is 0 Å². The Morgan fingerprint density at radius 1 is 1.22 bits per heavy atom. The molecule has 122 valence electrons. The first-order valence-corrected chi connectivity index (χ1v) is 8.12. The van der Waals surface area contributed by atoms with Gasteiger partial charge >= 0.3 is 0 Å². The van der Waals surface area contributed by atoms with E-state index in [9.17, 15) is 5.26 Å². The summed E-state index contributed by atoms with van der Waals surface area (Å²) < 4.78 is 5.73. The number of nitriles is 1. The van der Waals surface area contributed by atoms with Gasteiger partial charge < -0.3 is 14.6 Å². The Morgan fingerprint density at radius 2 is 1.91 bits per heavy atom. The molecule has 0 fully saturated rings. The van der Waals surface area contributed by atoms with Gasteiger partial charge in [0.15, 0.2) is 0 Å². The van der Waals surface area contributed by atoms with E-state index in [0.717, 1.165) is 38.2 Å². The number of nitrogens with one attached hydrogen (secondary N) is 1. The van der Waals surface area contributed by atoms with Gasteiger partial charge in [-0.15, -0.1) is 0 Å². The van der Waals surface area contributed by atoms with Crippen molar-refractivity contribution in [2.45, 2.75) is 27.2 Å². The Morgan fingerprint density at radius 3 is 2.52 bits per heavy atom. The van der Waals surface area contributed by atoms with E-state index in [-0.39, 0.29) is 0 Å². The van der Waals surface area contributed by atoms with Crippen molar-refractivity contribution < 1.29 is 4.42 Å². The fourth-order valence-electron chi connectivity index (χ4n) is 2.38. The molecule has 0 aliphatic carbocycles. The highest BCUT2D eigenvalue weighted by Gasteiger charge is 2.14. The van der Waals surface area contributed by atoms with Crippen LogP contribution in [0.1, 0.15) is 31.5 Å². The van der Waals surface area contributed by atoms with Gasteiger partial charge in [0.25, 0.3) is 0 Å². The van der Waals surface area contributed by atoms with E-state index in [1.807, 2.05) is 31.2 Å². The van der Waals surface area contributed by atoms with Crippen LogP contribution in [0.3, 0.4) is 0 Å². The monoisotopic (exact) mass is 312 g/mol. The molecule has 0 atom stereocenters. The highest BCUT2D eigenvalue weighted by atomic mass is 16.4. The molecule has 2 rings (SSSR count). The van der Waals surface area contributed by atoms with Gasteiger partial charge in [0.1, 0.15) is 6.07 Å². The van der Waals surface area contributed by atoms with E-state index in [2.05, 4.69) is 35.1 Å². The largest absolute Gasteiger partial charge is 0.419 e. The summed E-state index contributed by atoms with van der Waals surface area (Å²) in [4.78, 5) is 6.64. The number of oxazole rings is 1. The third-order valence-electron chi connectivity index (χ3n) is 3.86. The van der Waals surface area contributed by atoms with Gasteiger partial charge in [-0.3, -0.25) is 0 Å². The normalized spacial score (nSPS) is 10.7. The van der Waals surface area contributed by atoms with Crippen LogP contribution in [0.2, 0.25) is 0 Å². The van der Waals surface area contributed by atoms with E-state index in [1.165, 1.54) is 5.56 Å². The topological polar surface area (TPSA) is 65.1 Å². The molecule has 0 aliphatic rings. The first kappa shape index (κ1) is 17.0. The zero-order valence-corrected chi connectivity index (χ0v) is 14.1. The number of hydrogen-bond acceptors (Lipinski definition) is 5. The number of benzene rings is 1. The SMILES string of the molecule is CCN(CC)CCCNc1oc(-c2ccc(C)cc2)nc1C#N. The van der Waals surface area contributed by atoms with Crippen LogP contribution in [0.25, 0.3) is 11.5 Å². The standard InChI is InChI=1S/C18H24N4O/c1-4-22(5-2)12-6-11-20-18-16(13-19)21-17(23-18)15-9-7-14(3)8-10-15/h7-10,20H,4-6,11-12H2,1-3H3. The van der Waals surface area contributed by atoms with Gasteiger partial charge in [-0.1, -0.05) is 31.5 Å². The van der Waals surface area contributed by atoms with Gasteiger partial charge in [0, 0.05) is 12.1 Å². The molecule has 0 aliphatic heterocycles. The lowest BCUT2D eigenvalue weighted by molar-refractivity contribution is 0.302. The summed E-state index contributed by atoms with van der Waals surface area (Å²) in [6.07, 6.45) is 0.993. The molecule has 0 amide bonds. The van der Waals surface area contributed by atoms with Crippen LogP contribution in [-0.2, 0) is 0 Å². The number of hydrogen-bond donors (Lipinski definition) is 1. The van der Waals surface area contributed by atoms with Crippen LogP contribution in [0.5, 0.6) is 0 Å². The summed E-state index contributed by atoms with van der Waals surface area (Å²) >= 11 is 0. The molecule has 23 heavy (non-hydrogen) atoms. The molecule has 0 unspecified atom stereocenters. The fourth-order valence-corrected chi connectivity index (χ4v) is 2.38. The first-order chi connectivity index (χ1) is 11.2. The van der Waals surface area contributed by atoms with Gasteiger partial charge in [-0.2, -0.15) is 10.2 Å². The van der Waals surface area contributed by atoms with E-state index >= 15 is 0 Å². The van der Waals surface area contributed by atoms with E-state index < -0.39 is 0 Å². The Hall–Kier alpha value is -2.32. The predicted molar refractivity (Wildman–Crippen MR) is 92.3 cm³/mol. The Kier molecular flexibility index (Phi) is 6.19. The molecule has 5 heteroatoms. The summed E-state index contributed by atoms with van der Waals surface area (Å²) in [7, 11) is 0. The Bertz CT molecular complexity index is 651. The third kappa shape index (κ3) is 4.57. The second-order valence-electron chi connectivity index (χ2n) is 5.48. The lowest BCUT2D eigenvalue weighted by Gasteiger charge is -2.17. The zero-order valence-electron chi connectivity index (χ0n) is 14.1. The summed E-state index contributed by atoms with van der Waals surface area (Å²) in [5.41, 5.74) is 2.36. The minimum Gasteiger partial charge on any atom is -0.419 e. The van der Waals surface area contributed by atoms with Crippen molar-refractivity contribution in [1.29, 1.82) is 5.26 Å². The number of nitrogens with zero attached hydrogens (tertiary/aromatic N) is 3. The molecular weight excluding hydrogens is 288 g/mol. The maximum Gasteiger partial charge on any atom is 0.232 e. The Labute approximate surface area is 137 Å². The van der Waals surface area contributed by atoms with E-state index in [0.29, 0.717) is 17.5 Å².